The van der Waals surface area contributed by atoms with Gasteiger partial charge in [-0.15, -0.1) is 0 Å². The number of urea groups is 1. The summed E-state index contributed by atoms with van der Waals surface area (Å²) in [7, 11) is 0. The van der Waals surface area contributed by atoms with Crippen LogP contribution in [0.25, 0.3) is 0 Å². The molecule has 1 heterocycles. The molecular formula is C21H25N3O. The molecule has 2 amide bonds. The Kier molecular flexibility index (Phi) is 4.00. The van der Waals surface area contributed by atoms with E-state index in [1.807, 2.05) is 52.3 Å². The van der Waals surface area contributed by atoms with Gasteiger partial charge < -0.3 is 5.73 Å². The van der Waals surface area contributed by atoms with E-state index in [1.165, 1.54) is 5.56 Å². The van der Waals surface area contributed by atoms with Crippen LogP contribution in [0.1, 0.15) is 37.7 Å². The van der Waals surface area contributed by atoms with Crippen molar-refractivity contribution in [3.8, 4) is 0 Å². The van der Waals surface area contributed by atoms with Crippen LogP contribution in [0.3, 0.4) is 0 Å². The van der Waals surface area contributed by atoms with Crippen molar-refractivity contribution in [2.75, 3.05) is 22.9 Å². The third-order valence-electron chi connectivity index (χ3n) is 5.49. The molecule has 2 atom stereocenters. The largest absolute Gasteiger partial charge is 0.329 e. The van der Waals surface area contributed by atoms with E-state index in [0.29, 0.717) is 19.0 Å². The monoisotopic (exact) mass is 335 g/mol. The van der Waals surface area contributed by atoms with Crippen molar-refractivity contribution < 1.29 is 4.79 Å². The summed E-state index contributed by atoms with van der Waals surface area (Å²) in [5.74, 6) is 0.426. The lowest BCUT2D eigenvalue weighted by Crippen LogP contribution is -2.31. The van der Waals surface area contributed by atoms with Crippen LogP contribution < -0.4 is 15.5 Å². The average molecular weight is 335 g/mol. The van der Waals surface area contributed by atoms with E-state index in [-0.39, 0.29) is 11.6 Å². The van der Waals surface area contributed by atoms with Crippen LogP contribution in [0.4, 0.5) is 16.2 Å². The molecule has 0 aromatic heterocycles. The van der Waals surface area contributed by atoms with Gasteiger partial charge in [-0.05, 0) is 42.7 Å². The second kappa shape index (κ2) is 6.19. The van der Waals surface area contributed by atoms with Crippen molar-refractivity contribution in [3.05, 3.63) is 60.2 Å². The lowest BCUT2D eigenvalue weighted by molar-refractivity contribution is 0.256. The molecule has 2 N–H and O–H groups in total. The van der Waals surface area contributed by atoms with Gasteiger partial charge in [0.15, 0.2) is 0 Å². The number of amides is 2. The lowest BCUT2D eigenvalue weighted by Gasteiger charge is -2.19. The summed E-state index contributed by atoms with van der Waals surface area (Å²) in [6.45, 7) is 3.61. The fraction of sp³-hybridized carbons (Fsp3) is 0.381. The van der Waals surface area contributed by atoms with Crippen molar-refractivity contribution in [1.82, 2.24) is 0 Å². The van der Waals surface area contributed by atoms with Crippen molar-refractivity contribution in [3.63, 3.8) is 0 Å². The Morgan fingerprint density at radius 1 is 1.04 bits per heavy atom. The summed E-state index contributed by atoms with van der Waals surface area (Å²) in [6, 6.07) is 18.3. The van der Waals surface area contributed by atoms with Gasteiger partial charge in [0.1, 0.15) is 0 Å². The maximum absolute atomic E-state index is 12.9. The molecule has 1 aliphatic heterocycles. The quantitative estimate of drug-likeness (QED) is 0.893. The zero-order valence-corrected chi connectivity index (χ0v) is 14.7. The summed E-state index contributed by atoms with van der Waals surface area (Å²) >= 11 is 0. The molecule has 25 heavy (non-hydrogen) atoms. The maximum Gasteiger partial charge on any atom is 0.329 e. The predicted molar refractivity (Wildman–Crippen MR) is 102 cm³/mol. The zero-order chi connectivity index (χ0) is 17.4. The van der Waals surface area contributed by atoms with Crippen molar-refractivity contribution in [2.45, 2.75) is 37.6 Å². The number of benzene rings is 2. The summed E-state index contributed by atoms with van der Waals surface area (Å²) in [4.78, 5) is 16.6. The first-order valence-electron chi connectivity index (χ1n) is 9.15. The second-order valence-corrected chi connectivity index (χ2v) is 7.26. The van der Waals surface area contributed by atoms with Crippen molar-refractivity contribution in [1.29, 1.82) is 0 Å². The number of hydrogen-bond acceptors (Lipinski definition) is 2. The molecule has 0 radical (unpaired) electrons. The zero-order valence-electron chi connectivity index (χ0n) is 14.7. The van der Waals surface area contributed by atoms with Crippen LogP contribution in [0, 0.1) is 0 Å². The molecule has 0 bridgehead atoms. The first kappa shape index (κ1) is 16.2. The third kappa shape index (κ3) is 2.91. The molecule has 4 rings (SSSR count). The molecule has 2 aromatic carbocycles. The van der Waals surface area contributed by atoms with E-state index < -0.39 is 0 Å². The van der Waals surface area contributed by atoms with Gasteiger partial charge in [-0.25, -0.2) is 4.79 Å². The van der Waals surface area contributed by atoms with Gasteiger partial charge in [-0.1, -0.05) is 43.7 Å². The van der Waals surface area contributed by atoms with E-state index in [0.717, 1.165) is 30.6 Å². The summed E-state index contributed by atoms with van der Waals surface area (Å²) in [5, 5.41) is 0. The average Bonchev–Trinajstić information content (AvgIpc) is 3.15. The fourth-order valence-corrected chi connectivity index (χ4v) is 4.05. The lowest BCUT2D eigenvalue weighted by atomic mass is 10.0. The van der Waals surface area contributed by atoms with Crippen LogP contribution in [-0.4, -0.2) is 24.7 Å². The minimum absolute atomic E-state index is 0.0432. The first-order valence-corrected chi connectivity index (χ1v) is 9.15. The number of carbonyl (C=O) groups is 1. The van der Waals surface area contributed by atoms with E-state index in [4.69, 9.17) is 5.73 Å². The molecule has 2 fully saturated rings. The highest BCUT2D eigenvalue weighted by molar-refractivity contribution is 6.06. The molecule has 2 aromatic rings. The highest BCUT2D eigenvalue weighted by Gasteiger charge is 2.50. The van der Waals surface area contributed by atoms with Crippen LogP contribution in [0.15, 0.2) is 54.6 Å². The van der Waals surface area contributed by atoms with Crippen LogP contribution >= 0.6 is 0 Å². The highest BCUT2D eigenvalue weighted by atomic mass is 16.2. The minimum atomic E-state index is -0.0432. The van der Waals surface area contributed by atoms with E-state index in [9.17, 15) is 4.79 Å². The standard InChI is InChI=1S/C21H25N3O/c1-2-11-21(22)15-19(21)16-7-6-10-18(14-16)24-13-12-23(20(24)25)17-8-4-3-5-9-17/h3-10,14,19H,2,11-13,15,22H2,1H3/t19-,21+/m0/s1. The number of para-hydroxylation sites is 1. The Morgan fingerprint density at radius 3 is 2.44 bits per heavy atom. The van der Waals surface area contributed by atoms with Crippen LogP contribution in [0.5, 0.6) is 0 Å². The SMILES string of the molecule is CCC[C@@]1(N)C[C@H]1c1cccc(N2CCN(c3ccccc3)C2=O)c1. The number of nitrogens with two attached hydrogens (primary N) is 1. The molecule has 0 spiro atoms. The molecule has 1 saturated carbocycles. The Labute approximate surface area is 149 Å². The molecule has 4 heteroatoms. The topological polar surface area (TPSA) is 49.6 Å². The highest BCUT2D eigenvalue weighted by Crippen LogP contribution is 2.52. The first-order chi connectivity index (χ1) is 12.1. The second-order valence-electron chi connectivity index (χ2n) is 7.26. The van der Waals surface area contributed by atoms with E-state index in [2.05, 4.69) is 19.1 Å². The fourth-order valence-electron chi connectivity index (χ4n) is 4.05. The summed E-state index contributed by atoms with van der Waals surface area (Å²) in [5.41, 5.74) is 9.63. The van der Waals surface area contributed by atoms with Gasteiger partial charge in [-0.2, -0.15) is 0 Å². The van der Waals surface area contributed by atoms with Gasteiger partial charge in [0.2, 0.25) is 0 Å². The Morgan fingerprint density at radius 2 is 1.72 bits per heavy atom. The van der Waals surface area contributed by atoms with Gasteiger partial charge >= 0.3 is 6.03 Å². The van der Waals surface area contributed by atoms with E-state index >= 15 is 0 Å². The Balaban J connectivity index is 1.54. The molecular weight excluding hydrogens is 310 g/mol. The number of anilines is 2. The third-order valence-corrected chi connectivity index (χ3v) is 5.49. The van der Waals surface area contributed by atoms with Gasteiger partial charge in [0.25, 0.3) is 0 Å². The van der Waals surface area contributed by atoms with Gasteiger partial charge in [0.05, 0.1) is 0 Å². The van der Waals surface area contributed by atoms with Crippen LogP contribution in [-0.2, 0) is 0 Å². The van der Waals surface area contributed by atoms with Gasteiger partial charge in [0, 0.05) is 35.9 Å². The molecule has 1 saturated heterocycles. The molecule has 4 nitrogen and oxygen atoms in total. The smallest absolute Gasteiger partial charge is 0.325 e. The maximum atomic E-state index is 12.9. The van der Waals surface area contributed by atoms with Crippen molar-refractivity contribution in [2.24, 2.45) is 5.73 Å². The molecule has 0 unspecified atom stereocenters. The molecule has 1 aliphatic carbocycles. The Bertz CT molecular complexity index is 776. The normalized spacial score (nSPS) is 25.5. The number of hydrogen-bond donors (Lipinski definition) is 1. The van der Waals surface area contributed by atoms with Crippen LogP contribution in [0.2, 0.25) is 0 Å². The molecule has 2 aliphatic rings. The number of rotatable bonds is 5. The number of nitrogens with zero attached hydrogens (tertiary/aromatic N) is 2. The number of carbonyl (C=O) groups excluding carboxylic acids is 1. The Hall–Kier alpha value is -2.33. The summed E-state index contributed by atoms with van der Waals surface area (Å²) < 4.78 is 0. The predicted octanol–water partition coefficient (Wildman–Crippen LogP) is 4.12. The van der Waals surface area contributed by atoms with E-state index in [1.54, 1.807) is 0 Å². The van der Waals surface area contributed by atoms with Crippen molar-refractivity contribution >= 4 is 17.4 Å². The summed E-state index contributed by atoms with van der Waals surface area (Å²) in [6.07, 6.45) is 3.23. The minimum Gasteiger partial charge on any atom is -0.325 e. The molecule has 130 valence electrons. The van der Waals surface area contributed by atoms with Gasteiger partial charge in [-0.3, -0.25) is 9.80 Å².